The van der Waals surface area contributed by atoms with Crippen LogP contribution in [0.25, 0.3) is 0 Å². The number of anilines is 1. The van der Waals surface area contributed by atoms with E-state index in [2.05, 4.69) is 20.8 Å². The highest BCUT2D eigenvalue weighted by Crippen LogP contribution is 2.20. The molecule has 148 valence electrons. The summed E-state index contributed by atoms with van der Waals surface area (Å²) >= 11 is 0. The van der Waals surface area contributed by atoms with E-state index in [1.165, 1.54) is 6.92 Å². The Labute approximate surface area is 162 Å². The minimum atomic E-state index is -0.159. The summed E-state index contributed by atoms with van der Waals surface area (Å²) in [5.41, 5.74) is 1.21. The fourth-order valence-corrected chi connectivity index (χ4v) is 3.15. The van der Waals surface area contributed by atoms with Crippen molar-refractivity contribution in [3.63, 3.8) is 0 Å². The number of aryl methyl sites for hydroxylation is 1. The Morgan fingerprint density at radius 1 is 1.18 bits per heavy atom. The molecular weight excluding hydrogens is 362 g/mol. The number of carbonyl (C=O) groups excluding carboxylic acids is 3. The maximum atomic E-state index is 12.6. The van der Waals surface area contributed by atoms with E-state index in [0.717, 1.165) is 0 Å². The lowest BCUT2D eigenvalue weighted by molar-refractivity contribution is -0.126. The predicted molar refractivity (Wildman–Crippen MR) is 100 cm³/mol. The zero-order valence-corrected chi connectivity index (χ0v) is 15.9. The third kappa shape index (κ3) is 4.93. The van der Waals surface area contributed by atoms with Crippen LogP contribution >= 0.6 is 0 Å². The number of likely N-dealkylation sites (tertiary alicyclic amines) is 1. The third-order valence-corrected chi connectivity index (χ3v) is 4.59. The first-order valence-electron chi connectivity index (χ1n) is 9.16. The molecule has 0 spiro atoms. The molecule has 2 N–H and O–H groups in total. The molecule has 9 nitrogen and oxygen atoms in total. The van der Waals surface area contributed by atoms with Gasteiger partial charge in [0.2, 0.25) is 17.7 Å². The van der Waals surface area contributed by atoms with Gasteiger partial charge in [-0.1, -0.05) is 5.16 Å². The molecule has 0 bridgehead atoms. The summed E-state index contributed by atoms with van der Waals surface area (Å²) in [6.45, 7) is 4.39. The van der Waals surface area contributed by atoms with Crippen LogP contribution in [0.1, 0.15) is 41.8 Å². The second-order valence-corrected chi connectivity index (χ2v) is 6.78. The molecule has 1 aliphatic rings. The molecule has 28 heavy (non-hydrogen) atoms. The smallest absolute Gasteiger partial charge is 0.253 e. The molecule has 1 saturated heterocycles. The van der Waals surface area contributed by atoms with Gasteiger partial charge in [-0.15, -0.1) is 0 Å². The SMILES string of the molecule is CC(=O)Nc1ccc(C(=O)N2CCC(C(=O)NCc3nc(C)no3)CC2)cc1. The topological polar surface area (TPSA) is 117 Å². The highest BCUT2D eigenvalue weighted by atomic mass is 16.5. The van der Waals surface area contributed by atoms with Crippen LogP contribution in [-0.4, -0.2) is 45.9 Å². The zero-order chi connectivity index (χ0) is 20.1. The standard InChI is InChI=1S/C19H23N5O4/c1-12-21-17(28-23-12)11-20-18(26)14-7-9-24(10-8-14)19(27)15-3-5-16(6-4-15)22-13(2)25/h3-6,14H,7-11H2,1-2H3,(H,20,26)(H,22,25). The molecule has 0 unspecified atom stereocenters. The van der Waals surface area contributed by atoms with Crippen molar-refractivity contribution < 1.29 is 18.9 Å². The summed E-state index contributed by atoms with van der Waals surface area (Å²) in [4.78, 5) is 41.8. The fourth-order valence-electron chi connectivity index (χ4n) is 3.15. The maximum absolute atomic E-state index is 12.6. The molecule has 0 atom stereocenters. The number of hydrogen-bond acceptors (Lipinski definition) is 6. The number of benzene rings is 1. The summed E-state index contributed by atoms with van der Waals surface area (Å²) in [5.74, 6) is 0.461. The molecule has 3 amide bonds. The lowest BCUT2D eigenvalue weighted by Crippen LogP contribution is -2.42. The average molecular weight is 385 g/mol. The zero-order valence-electron chi connectivity index (χ0n) is 15.9. The van der Waals surface area contributed by atoms with Crippen molar-refractivity contribution in [1.82, 2.24) is 20.4 Å². The number of nitrogens with one attached hydrogen (secondary N) is 2. The number of carbonyl (C=O) groups is 3. The summed E-state index contributed by atoms with van der Waals surface area (Å²) < 4.78 is 4.98. The van der Waals surface area contributed by atoms with E-state index in [4.69, 9.17) is 4.52 Å². The summed E-state index contributed by atoms with van der Waals surface area (Å²) in [6.07, 6.45) is 1.20. The number of rotatable bonds is 5. The van der Waals surface area contributed by atoms with Crippen molar-refractivity contribution in [2.75, 3.05) is 18.4 Å². The van der Waals surface area contributed by atoms with Gasteiger partial charge in [0.25, 0.3) is 5.91 Å². The van der Waals surface area contributed by atoms with Gasteiger partial charge in [-0.25, -0.2) is 0 Å². The first-order chi connectivity index (χ1) is 13.4. The number of aromatic nitrogens is 2. The van der Waals surface area contributed by atoms with E-state index in [-0.39, 0.29) is 30.2 Å². The highest BCUT2D eigenvalue weighted by molar-refractivity contribution is 5.95. The average Bonchev–Trinajstić information content (AvgIpc) is 3.11. The van der Waals surface area contributed by atoms with E-state index in [1.807, 2.05) is 0 Å². The van der Waals surface area contributed by atoms with Crippen molar-refractivity contribution in [2.24, 2.45) is 5.92 Å². The van der Waals surface area contributed by atoms with Gasteiger partial charge in [-0.2, -0.15) is 4.98 Å². The molecule has 1 fully saturated rings. The first kappa shape index (κ1) is 19.5. The van der Waals surface area contributed by atoms with Gasteiger partial charge in [0.15, 0.2) is 5.82 Å². The largest absolute Gasteiger partial charge is 0.347 e. The summed E-state index contributed by atoms with van der Waals surface area (Å²) in [5, 5.41) is 9.16. The van der Waals surface area contributed by atoms with Crippen molar-refractivity contribution in [3.8, 4) is 0 Å². The molecule has 2 heterocycles. The van der Waals surface area contributed by atoms with Crippen LogP contribution < -0.4 is 10.6 Å². The maximum Gasteiger partial charge on any atom is 0.253 e. The minimum Gasteiger partial charge on any atom is -0.347 e. The van der Waals surface area contributed by atoms with Gasteiger partial charge in [0, 0.05) is 37.2 Å². The fraction of sp³-hybridized carbons (Fsp3) is 0.421. The minimum absolute atomic E-state index is 0.0670. The molecule has 9 heteroatoms. The van der Waals surface area contributed by atoms with Crippen molar-refractivity contribution >= 4 is 23.4 Å². The Balaban J connectivity index is 1.48. The van der Waals surface area contributed by atoms with Crippen LogP contribution in [0, 0.1) is 12.8 Å². The number of hydrogen-bond donors (Lipinski definition) is 2. The van der Waals surface area contributed by atoms with E-state index in [0.29, 0.717) is 48.9 Å². The molecule has 0 aliphatic carbocycles. The van der Waals surface area contributed by atoms with Gasteiger partial charge in [-0.05, 0) is 44.0 Å². The van der Waals surface area contributed by atoms with Crippen LogP contribution in [-0.2, 0) is 16.1 Å². The molecule has 2 aromatic rings. The van der Waals surface area contributed by atoms with E-state index in [9.17, 15) is 14.4 Å². The van der Waals surface area contributed by atoms with Gasteiger partial charge < -0.3 is 20.1 Å². The first-order valence-corrected chi connectivity index (χ1v) is 9.16. The molecule has 0 radical (unpaired) electrons. The van der Waals surface area contributed by atoms with Gasteiger partial charge in [0.1, 0.15) is 0 Å². The van der Waals surface area contributed by atoms with E-state index >= 15 is 0 Å². The van der Waals surface area contributed by atoms with Gasteiger partial charge in [0.05, 0.1) is 6.54 Å². The third-order valence-electron chi connectivity index (χ3n) is 4.59. The normalized spacial score (nSPS) is 14.6. The molecule has 1 aromatic heterocycles. The van der Waals surface area contributed by atoms with Crippen molar-refractivity contribution in [3.05, 3.63) is 41.5 Å². The van der Waals surface area contributed by atoms with Crippen LogP contribution in [0.4, 0.5) is 5.69 Å². The monoisotopic (exact) mass is 385 g/mol. The Hall–Kier alpha value is -3.23. The van der Waals surface area contributed by atoms with E-state index in [1.54, 1.807) is 36.1 Å². The lowest BCUT2D eigenvalue weighted by atomic mass is 9.95. The number of amides is 3. The molecule has 1 aromatic carbocycles. The quantitative estimate of drug-likeness (QED) is 0.805. The van der Waals surface area contributed by atoms with Crippen LogP contribution in [0.3, 0.4) is 0 Å². The van der Waals surface area contributed by atoms with Crippen LogP contribution in [0.2, 0.25) is 0 Å². The summed E-state index contributed by atoms with van der Waals surface area (Å²) in [7, 11) is 0. The molecule has 0 saturated carbocycles. The van der Waals surface area contributed by atoms with E-state index < -0.39 is 0 Å². The predicted octanol–water partition coefficient (Wildman–Crippen LogP) is 1.51. The molecular formula is C19H23N5O4. The Bertz CT molecular complexity index is 853. The number of nitrogens with zero attached hydrogens (tertiary/aromatic N) is 3. The summed E-state index contributed by atoms with van der Waals surface area (Å²) in [6, 6.07) is 6.79. The Morgan fingerprint density at radius 2 is 1.86 bits per heavy atom. The second-order valence-electron chi connectivity index (χ2n) is 6.78. The lowest BCUT2D eigenvalue weighted by Gasteiger charge is -2.31. The van der Waals surface area contributed by atoms with Crippen LogP contribution in [0.5, 0.6) is 0 Å². The van der Waals surface area contributed by atoms with Crippen LogP contribution in [0.15, 0.2) is 28.8 Å². The second kappa shape index (κ2) is 8.64. The van der Waals surface area contributed by atoms with Crippen molar-refractivity contribution in [1.29, 1.82) is 0 Å². The number of piperidine rings is 1. The molecule has 3 rings (SSSR count). The highest BCUT2D eigenvalue weighted by Gasteiger charge is 2.28. The molecule has 1 aliphatic heterocycles. The Morgan fingerprint density at radius 3 is 2.43 bits per heavy atom. The van der Waals surface area contributed by atoms with Gasteiger partial charge in [-0.3, -0.25) is 14.4 Å². The Kier molecular flexibility index (Phi) is 6.03. The van der Waals surface area contributed by atoms with Gasteiger partial charge >= 0.3 is 0 Å². The van der Waals surface area contributed by atoms with Crippen molar-refractivity contribution in [2.45, 2.75) is 33.2 Å².